The maximum absolute atomic E-state index is 7.19. The first-order chi connectivity index (χ1) is 28.3. The van der Waals surface area contributed by atoms with E-state index in [9.17, 15) is 0 Å². The van der Waals surface area contributed by atoms with Crippen LogP contribution in [0, 0.1) is 53.3 Å². The van der Waals surface area contributed by atoms with E-state index in [0.717, 1.165) is 51.4 Å². The summed E-state index contributed by atoms with van der Waals surface area (Å²) in [6.45, 7) is 10.3. The molecule has 11 nitrogen and oxygen atoms in total. The van der Waals surface area contributed by atoms with Crippen LogP contribution in [0.2, 0.25) is 0 Å². The minimum Gasteiger partial charge on any atom is -0.416 e. The van der Waals surface area contributed by atoms with Gasteiger partial charge in [-0.3, -0.25) is 4.52 Å². The topological polar surface area (TPSA) is 102 Å². The summed E-state index contributed by atoms with van der Waals surface area (Å²) in [6.07, 6.45) is 7.93. The molecular formula is C46H63O11PS. The Hall–Kier alpha value is -1.67. The molecule has 8 aliphatic heterocycles. The van der Waals surface area contributed by atoms with Gasteiger partial charge in [0.2, 0.25) is 11.6 Å². The van der Waals surface area contributed by atoms with Crippen LogP contribution >= 0.6 is 6.72 Å². The Morgan fingerprint density at radius 1 is 0.610 bits per heavy atom. The van der Waals surface area contributed by atoms with Gasteiger partial charge in [0.1, 0.15) is 11.5 Å². The molecule has 324 valence electrons. The van der Waals surface area contributed by atoms with Crippen molar-refractivity contribution in [2.45, 2.75) is 153 Å². The molecule has 12 rings (SSSR count). The van der Waals surface area contributed by atoms with Gasteiger partial charge >= 0.3 is 6.72 Å². The average Bonchev–Trinajstić information content (AvgIpc) is 3.59. The number of hydrogen-bond acceptors (Lipinski definition) is 12. The van der Waals surface area contributed by atoms with Gasteiger partial charge in [-0.2, -0.15) is 0 Å². The summed E-state index contributed by atoms with van der Waals surface area (Å²) in [5, 5.41) is 0. The smallest absolute Gasteiger partial charge is 0.416 e. The van der Waals surface area contributed by atoms with Crippen LogP contribution in [0.5, 0.6) is 11.5 Å². The first-order valence-corrected chi connectivity index (χ1v) is 25.0. The normalized spacial score (nSPS) is 46.6. The zero-order valence-electron chi connectivity index (χ0n) is 35.4. The summed E-state index contributed by atoms with van der Waals surface area (Å²) in [4.78, 5) is 25.3. The molecular weight excluding hydrogens is 792 g/mol. The van der Waals surface area contributed by atoms with Crippen molar-refractivity contribution < 1.29 is 52.1 Å². The van der Waals surface area contributed by atoms with Crippen LogP contribution in [0.25, 0.3) is 0 Å². The van der Waals surface area contributed by atoms with Crippen molar-refractivity contribution in [3.8, 4) is 11.5 Å². The fourth-order valence-electron chi connectivity index (χ4n) is 12.9. The lowest BCUT2D eigenvalue weighted by Gasteiger charge is -2.61. The molecule has 10 aliphatic rings. The Morgan fingerprint density at radius 2 is 1.05 bits per heavy atom. The summed E-state index contributed by atoms with van der Waals surface area (Å²) in [6, 6.07) is 19.1. The minimum atomic E-state index is -3.37. The summed E-state index contributed by atoms with van der Waals surface area (Å²) in [5.41, 5.74) is -1.27. The van der Waals surface area contributed by atoms with Crippen molar-refractivity contribution in [2.24, 2.45) is 53.3 Å². The van der Waals surface area contributed by atoms with Gasteiger partial charge in [0.15, 0.2) is 23.8 Å². The van der Waals surface area contributed by atoms with E-state index in [-0.39, 0.29) is 48.4 Å². The highest BCUT2D eigenvalue weighted by atomic mass is 32.5. The molecule has 0 N–H and O–H groups in total. The third-order valence-corrected chi connectivity index (χ3v) is 18.2. The van der Waals surface area contributed by atoms with Gasteiger partial charge in [0.25, 0.3) is 0 Å². The number of fused-ring (bicyclic) bond motifs is 4. The summed E-state index contributed by atoms with van der Waals surface area (Å²) in [7, 11) is 0. The number of ether oxygens (including phenoxy) is 4. The molecule has 4 bridgehead atoms. The molecule has 2 saturated carbocycles. The Labute approximate surface area is 354 Å². The van der Waals surface area contributed by atoms with E-state index in [1.807, 2.05) is 74.5 Å². The highest BCUT2D eigenvalue weighted by molar-refractivity contribution is 8.07. The van der Waals surface area contributed by atoms with Gasteiger partial charge in [-0.15, -0.1) is 0 Å². The number of benzene rings is 2. The Balaban J connectivity index is 0.963. The standard InChI is InChI=1S/C46H63O11PS/c1-28-17-19-37-30(3)39(48-41-45(37)35(28)21-23-43(5,50-41)54-56-45)25-32(27-47-58(59,52-33-13-9-7-10-14-33)53-34-15-11-8-12-16-34)26-40-31(4)38-20-18-29(2)36-22-24-44(6)51-42(49-40)46(36,38)57-55-44/h7-16,28-32,35-42H,17-27H2,1-6H3/t28-,29-,30-,31-,35+,36+,37+,38+,39-,40-,41-,42-,43-,44-,45-,46-/m1/s1. The third-order valence-electron chi connectivity index (χ3n) is 16.1. The zero-order chi connectivity index (χ0) is 40.8. The lowest BCUT2D eigenvalue weighted by Crippen LogP contribution is -2.70. The fourth-order valence-corrected chi connectivity index (χ4v) is 14.9. The van der Waals surface area contributed by atoms with Gasteiger partial charge in [-0.05, 0) is 131 Å². The monoisotopic (exact) mass is 854 g/mol. The van der Waals surface area contributed by atoms with Gasteiger partial charge in [0.05, 0.1) is 18.8 Å². The lowest BCUT2D eigenvalue weighted by atomic mass is 9.56. The van der Waals surface area contributed by atoms with Crippen LogP contribution in [0.15, 0.2) is 60.7 Å². The number of rotatable bonds is 11. The highest BCUT2D eigenvalue weighted by Crippen LogP contribution is 2.63. The maximum Gasteiger partial charge on any atom is 0.434 e. The second kappa shape index (κ2) is 15.5. The van der Waals surface area contributed by atoms with Crippen molar-refractivity contribution in [1.82, 2.24) is 0 Å². The minimum absolute atomic E-state index is 0.0536. The lowest BCUT2D eigenvalue weighted by molar-refractivity contribution is -0.571. The molecule has 16 atom stereocenters. The van der Waals surface area contributed by atoms with Crippen LogP contribution in [0.1, 0.15) is 106 Å². The van der Waals surface area contributed by atoms with Crippen LogP contribution in [0.3, 0.4) is 0 Å². The molecule has 10 fully saturated rings. The van der Waals surface area contributed by atoms with Gasteiger partial charge < -0.3 is 28.0 Å². The van der Waals surface area contributed by atoms with E-state index in [4.69, 9.17) is 63.9 Å². The van der Waals surface area contributed by atoms with Crippen LogP contribution in [0.4, 0.5) is 0 Å². The van der Waals surface area contributed by atoms with Crippen molar-refractivity contribution in [3.63, 3.8) is 0 Å². The fraction of sp³-hybridized carbons (Fsp3) is 0.739. The predicted octanol–water partition coefficient (Wildman–Crippen LogP) is 10.3. The van der Waals surface area contributed by atoms with Crippen LogP contribution in [-0.2, 0) is 54.8 Å². The highest BCUT2D eigenvalue weighted by Gasteiger charge is 2.71. The molecule has 13 heteroatoms. The second-order valence-corrected chi connectivity index (χ2v) is 22.6. The molecule has 2 aromatic rings. The molecule has 2 aromatic carbocycles. The molecule has 0 aromatic heterocycles. The van der Waals surface area contributed by atoms with Gasteiger partial charge in [0, 0.05) is 36.5 Å². The molecule has 2 aliphatic carbocycles. The van der Waals surface area contributed by atoms with Crippen molar-refractivity contribution in [1.29, 1.82) is 0 Å². The Morgan fingerprint density at radius 3 is 1.49 bits per heavy atom. The maximum atomic E-state index is 7.19. The van der Waals surface area contributed by atoms with E-state index in [2.05, 4.69) is 27.7 Å². The SMILES string of the molecule is C[C@H]1[C@@H](CC(COP(=S)(Oc2ccccc2)Oc2ccccc2)C[C@H]2O[C@@H]3O[C@@]4(C)CC[C@H]5[C@H](C)CC[C@@H]([C@H]2C)[C@@]35OO4)O[C@@H]2O[C@@]3(C)CC[C@H]4[C@H](C)CC[C@@H]1[C@@]24OO3. The molecule has 59 heavy (non-hydrogen) atoms. The largest absolute Gasteiger partial charge is 0.434 e. The summed E-state index contributed by atoms with van der Waals surface area (Å²) >= 11 is 6.24. The number of hydrogen-bond donors (Lipinski definition) is 0. The predicted molar refractivity (Wildman–Crippen MR) is 221 cm³/mol. The van der Waals surface area contributed by atoms with E-state index in [1.54, 1.807) is 0 Å². The molecule has 0 amide bonds. The Kier molecular flexibility index (Phi) is 10.9. The van der Waals surface area contributed by atoms with Crippen molar-refractivity contribution in [3.05, 3.63) is 60.7 Å². The van der Waals surface area contributed by atoms with Crippen molar-refractivity contribution in [2.75, 3.05) is 6.61 Å². The summed E-state index contributed by atoms with van der Waals surface area (Å²) < 4.78 is 47.8. The molecule has 0 radical (unpaired) electrons. The van der Waals surface area contributed by atoms with E-state index < -0.39 is 42.1 Å². The molecule has 8 heterocycles. The summed E-state index contributed by atoms with van der Waals surface area (Å²) in [5.74, 6) is 1.77. The molecule has 2 spiro atoms. The van der Waals surface area contributed by atoms with E-state index >= 15 is 0 Å². The first-order valence-electron chi connectivity index (χ1n) is 22.5. The molecule has 8 saturated heterocycles. The average molecular weight is 855 g/mol. The zero-order valence-corrected chi connectivity index (χ0v) is 37.1. The van der Waals surface area contributed by atoms with Gasteiger partial charge in [-0.25, -0.2) is 19.6 Å². The van der Waals surface area contributed by atoms with E-state index in [0.29, 0.717) is 48.0 Å². The second-order valence-electron chi connectivity index (χ2n) is 19.8. The Bertz CT molecular complexity index is 1730. The van der Waals surface area contributed by atoms with Gasteiger partial charge in [-0.1, -0.05) is 64.1 Å². The first kappa shape index (κ1) is 41.3. The molecule has 0 unspecified atom stereocenters. The number of para-hydroxylation sites is 2. The van der Waals surface area contributed by atoms with Crippen LogP contribution < -0.4 is 9.05 Å². The van der Waals surface area contributed by atoms with E-state index in [1.165, 1.54) is 0 Å². The third kappa shape index (κ3) is 7.17. The van der Waals surface area contributed by atoms with Crippen LogP contribution in [-0.4, -0.2) is 54.2 Å². The quantitative estimate of drug-likeness (QED) is 0.159. The van der Waals surface area contributed by atoms with Crippen molar-refractivity contribution >= 4 is 18.5 Å².